The first-order valence-corrected chi connectivity index (χ1v) is 4.96. The molecule has 1 aliphatic rings. The van der Waals surface area contributed by atoms with E-state index in [0.717, 1.165) is 13.1 Å². The van der Waals surface area contributed by atoms with Crippen LogP contribution in [0.5, 0.6) is 0 Å². The summed E-state index contributed by atoms with van der Waals surface area (Å²) < 4.78 is 9.91. The first-order chi connectivity index (χ1) is 7.27. The lowest BCUT2D eigenvalue weighted by atomic mass is 10.3. The fourth-order valence-electron chi connectivity index (χ4n) is 1.32. The summed E-state index contributed by atoms with van der Waals surface area (Å²) in [6.45, 7) is 5.04. The highest BCUT2D eigenvalue weighted by molar-refractivity contribution is 6.37. The van der Waals surface area contributed by atoms with Crippen LogP contribution < -0.4 is 0 Å². The van der Waals surface area contributed by atoms with Crippen molar-refractivity contribution in [3.63, 3.8) is 0 Å². The van der Waals surface area contributed by atoms with Gasteiger partial charge in [-0.05, 0) is 6.92 Å². The zero-order valence-electron chi connectivity index (χ0n) is 8.81. The molecular formula is C9H16N2O4. The minimum absolute atomic E-state index is 0.0405. The molecule has 1 aliphatic heterocycles. The summed E-state index contributed by atoms with van der Waals surface area (Å²) in [5.41, 5.74) is 0.0405. The van der Waals surface area contributed by atoms with Crippen LogP contribution in [0, 0.1) is 0 Å². The fourth-order valence-corrected chi connectivity index (χ4v) is 1.32. The summed E-state index contributed by atoms with van der Waals surface area (Å²) in [5.74, 6) is -0.563. The maximum Gasteiger partial charge on any atom is 0.357 e. The van der Waals surface area contributed by atoms with Gasteiger partial charge in [0.1, 0.15) is 0 Å². The van der Waals surface area contributed by atoms with E-state index in [1.54, 1.807) is 6.92 Å². The number of morpholine rings is 1. The monoisotopic (exact) mass is 216 g/mol. The van der Waals surface area contributed by atoms with Crippen LogP contribution in [-0.2, 0) is 14.3 Å². The van der Waals surface area contributed by atoms with Gasteiger partial charge >= 0.3 is 5.97 Å². The van der Waals surface area contributed by atoms with E-state index in [2.05, 4.69) is 5.16 Å². The fraction of sp³-hybridized carbons (Fsp3) is 0.778. The van der Waals surface area contributed by atoms with Gasteiger partial charge in [-0.25, -0.2) is 4.79 Å². The Labute approximate surface area is 88.4 Å². The molecule has 1 heterocycles. The van der Waals surface area contributed by atoms with Gasteiger partial charge in [-0.3, -0.25) is 4.90 Å². The largest absolute Gasteiger partial charge is 0.461 e. The molecule has 0 saturated carbocycles. The van der Waals surface area contributed by atoms with Crippen molar-refractivity contribution < 1.29 is 19.5 Å². The van der Waals surface area contributed by atoms with Crippen LogP contribution in [0.25, 0.3) is 0 Å². The summed E-state index contributed by atoms with van der Waals surface area (Å²) in [4.78, 5) is 13.3. The third kappa shape index (κ3) is 3.85. The highest BCUT2D eigenvalue weighted by Crippen LogP contribution is 1.98. The van der Waals surface area contributed by atoms with E-state index in [1.165, 1.54) is 0 Å². The number of carbonyl (C=O) groups excluding carboxylic acids is 1. The summed E-state index contributed by atoms with van der Waals surface area (Å²) in [7, 11) is 0. The summed E-state index contributed by atoms with van der Waals surface area (Å²) in [5, 5.41) is 11.6. The molecule has 0 aromatic carbocycles. The number of ether oxygens (including phenoxy) is 2. The van der Waals surface area contributed by atoms with Crippen molar-refractivity contribution in [2.75, 3.05) is 39.5 Å². The van der Waals surface area contributed by atoms with Gasteiger partial charge in [0, 0.05) is 13.1 Å². The first kappa shape index (κ1) is 11.9. The van der Waals surface area contributed by atoms with Crippen molar-refractivity contribution >= 4 is 11.7 Å². The van der Waals surface area contributed by atoms with E-state index in [9.17, 15) is 4.79 Å². The zero-order valence-corrected chi connectivity index (χ0v) is 8.81. The molecule has 86 valence electrons. The number of hydrogen-bond donors (Lipinski definition) is 1. The molecule has 0 radical (unpaired) electrons. The van der Waals surface area contributed by atoms with E-state index >= 15 is 0 Å². The topological polar surface area (TPSA) is 71.4 Å². The van der Waals surface area contributed by atoms with Crippen molar-refractivity contribution in [3.05, 3.63) is 0 Å². The Morgan fingerprint density at radius 3 is 2.73 bits per heavy atom. The standard InChI is InChI=1S/C9H16N2O4/c1-2-15-9(12)8(10-13)7-11-3-5-14-6-4-11/h13H,2-7H2,1H3. The molecule has 6 heteroatoms. The van der Waals surface area contributed by atoms with E-state index in [1.807, 2.05) is 4.90 Å². The Bertz CT molecular complexity index is 236. The van der Waals surface area contributed by atoms with Gasteiger partial charge < -0.3 is 14.7 Å². The Morgan fingerprint density at radius 1 is 1.53 bits per heavy atom. The second-order valence-corrected chi connectivity index (χ2v) is 3.16. The van der Waals surface area contributed by atoms with E-state index in [0.29, 0.717) is 19.8 Å². The highest BCUT2D eigenvalue weighted by Gasteiger charge is 2.19. The summed E-state index contributed by atoms with van der Waals surface area (Å²) in [6, 6.07) is 0. The van der Waals surface area contributed by atoms with E-state index in [-0.39, 0.29) is 12.3 Å². The second-order valence-electron chi connectivity index (χ2n) is 3.16. The summed E-state index contributed by atoms with van der Waals surface area (Å²) >= 11 is 0. The van der Waals surface area contributed by atoms with E-state index < -0.39 is 5.97 Å². The average molecular weight is 216 g/mol. The molecule has 0 aliphatic carbocycles. The van der Waals surface area contributed by atoms with Gasteiger partial charge in [-0.2, -0.15) is 0 Å². The molecule has 1 N–H and O–H groups in total. The van der Waals surface area contributed by atoms with E-state index in [4.69, 9.17) is 14.7 Å². The molecular weight excluding hydrogens is 200 g/mol. The van der Waals surface area contributed by atoms with Crippen LogP contribution in [0.3, 0.4) is 0 Å². The molecule has 0 atom stereocenters. The minimum Gasteiger partial charge on any atom is -0.461 e. The number of nitrogens with zero attached hydrogens (tertiary/aromatic N) is 2. The molecule has 6 nitrogen and oxygen atoms in total. The maximum atomic E-state index is 11.3. The molecule has 0 bridgehead atoms. The van der Waals surface area contributed by atoms with Crippen LogP contribution >= 0.6 is 0 Å². The molecule has 1 saturated heterocycles. The van der Waals surface area contributed by atoms with Gasteiger partial charge in [0.05, 0.1) is 26.4 Å². The van der Waals surface area contributed by atoms with Crippen LogP contribution in [0.2, 0.25) is 0 Å². The normalized spacial score (nSPS) is 18.9. The van der Waals surface area contributed by atoms with Crippen molar-refractivity contribution in [1.29, 1.82) is 0 Å². The lowest BCUT2D eigenvalue weighted by Crippen LogP contribution is -2.41. The summed E-state index contributed by atoms with van der Waals surface area (Å²) in [6.07, 6.45) is 0. The first-order valence-electron chi connectivity index (χ1n) is 4.96. The van der Waals surface area contributed by atoms with Gasteiger partial charge in [0.2, 0.25) is 0 Å². The molecule has 0 aromatic heterocycles. The van der Waals surface area contributed by atoms with Crippen molar-refractivity contribution in [2.24, 2.45) is 5.16 Å². The predicted octanol–water partition coefficient (Wildman–Crippen LogP) is -0.288. The predicted molar refractivity (Wildman–Crippen MR) is 53.1 cm³/mol. The number of rotatable bonds is 4. The Morgan fingerprint density at radius 2 is 2.20 bits per heavy atom. The van der Waals surface area contributed by atoms with Crippen molar-refractivity contribution in [2.45, 2.75) is 6.92 Å². The molecule has 1 rings (SSSR count). The highest BCUT2D eigenvalue weighted by atomic mass is 16.5. The molecule has 0 unspecified atom stereocenters. The molecule has 0 amide bonds. The van der Waals surface area contributed by atoms with Crippen LogP contribution in [0.1, 0.15) is 6.92 Å². The molecule has 1 fully saturated rings. The number of esters is 1. The third-order valence-electron chi connectivity index (χ3n) is 2.11. The van der Waals surface area contributed by atoms with Gasteiger partial charge in [0.15, 0.2) is 5.71 Å². The van der Waals surface area contributed by atoms with Crippen molar-refractivity contribution in [3.8, 4) is 0 Å². The van der Waals surface area contributed by atoms with Crippen LogP contribution in [0.15, 0.2) is 5.16 Å². The smallest absolute Gasteiger partial charge is 0.357 e. The molecule has 15 heavy (non-hydrogen) atoms. The van der Waals surface area contributed by atoms with Crippen LogP contribution in [-0.4, -0.2) is 61.2 Å². The lowest BCUT2D eigenvalue weighted by Gasteiger charge is -2.25. The zero-order chi connectivity index (χ0) is 11.1. The Balaban J connectivity index is 2.42. The number of oxime groups is 1. The Kier molecular flexibility index (Phi) is 5.06. The molecule has 0 spiro atoms. The average Bonchev–Trinajstić information content (AvgIpc) is 2.27. The van der Waals surface area contributed by atoms with Crippen LogP contribution in [0.4, 0.5) is 0 Å². The minimum atomic E-state index is -0.563. The third-order valence-corrected chi connectivity index (χ3v) is 2.11. The second kappa shape index (κ2) is 6.36. The number of hydrogen-bond acceptors (Lipinski definition) is 6. The molecule has 0 aromatic rings. The van der Waals surface area contributed by atoms with Crippen molar-refractivity contribution in [1.82, 2.24) is 4.90 Å². The van der Waals surface area contributed by atoms with Gasteiger partial charge in [-0.15, -0.1) is 0 Å². The lowest BCUT2D eigenvalue weighted by molar-refractivity contribution is -0.135. The van der Waals surface area contributed by atoms with Gasteiger partial charge in [-0.1, -0.05) is 5.16 Å². The Hall–Kier alpha value is -1.14. The SMILES string of the molecule is CCOC(=O)C(CN1CCOCC1)=NO. The number of carbonyl (C=O) groups is 1. The van der Waals surface area contributed by atoms with Gasteiger partial charge in [0.25, 0.3) is 0 Å². The maximum absolute atomic E-state index is 11.3. The quantitative estimate of drug-likeness (QED) is 0.303.